The van der Waals surface area contributed by atoms with Gasteiger partial charge in [-0.05, 0) is 101 Å². The quantitative estimate of drug-likeness (QED) is 0.426. The number of Topliss-reactive ketones (excluding diaryl/α,β-unsaturated/α-hetero) is 1. The van der Waals surface area contributed by atoms with Crippen LogP contribution in [0.1, 0.15) is 27.9 Å². The highest BCUT2D eigenvalue weighted by Crippen LogP contribution is 2.44. The van der Waals surface area contributed by atoms with Crippen LogP contribution in [-0.2, 0) is 10.8 Å². The van der Waals surface area contributed by atoms with Crippen molar-refractivity contribution in [3.63, 3.8) is 0 Å². The topological polar surface area (TPSA) is 44.8 Å². The van der Waals surface area contributed by atoms with Crippen LogP contribution in [0.15, 0.2) is 18.2 Å². The molecule has 31 heavy (non-hydrogen) atoms. The number of hydrogen-bond acceptors (Lipinski definition) is 4. The second kappa shape index (κ2) is 8.17. The Morgan fingerprint density at radius 1 is 0.806 bits per heavy atom. The second-order valence-electron chi connectivity index (χ2n) is 11.7. The van der Waals surface area contributed by atoms with Crippen molar-refractivity contribution < 1.29 is 18.1 Å². The van der Waals surface area contributed by atoms with E-state index < -0.39 is 25.0 Å². The molecule has 170 valence electrons. The van der Waals surface area contributed by atoms with Crippen molar-refractivity contribution in [1.82, 2.24) is 0 Å². The Morgan fingerprint density at radius 3 is 1.97 bits per heavy atom. The largest absolute Gasteiger partial charge is 0.544 e. The van der Waals surface area contributed by atoms with Crippen LogP contribution in [0.25, 0.3) is 10.8 Å². The van der Waals surface area contributed by atoms with E-state index in [1.165, 1.54) is 0 Å². The molecule has 0 aliphatic heterocycles. The summed E-state index contributed by atoms with van der Waals surface area (Å²) in [5.74, 6) is 1.70. The van der Waals surface area contributed by atoms with E-state index in [0.717, 1.165) is 45.4 Å². The SMILES string of the molecule is Cc1cc(O[Si](C)(C)C)c2c(O[Si](C)(C)C)c3c(cc2c1)CC(O[Si](C)(C)C)CC3=O. The second-order valence-corrected chi connectivity index (χ2v) is 25.0. The third-order valence-corrected chi connectivity index (χ3v) is 7.56. The van der Waals surface area contributed by atoms with Crippen LogP contribution < -0.4 is 8.85 Å². The van der Waals surface area contributed by atoms with Crippen molar-refractivity contribution in [1.29, 1.82) is 0 Å². The zero-order chi connectivity index (χ0) is 23.4. The lowest BCUT2D eigenvalue weighted by Crippen LogP contribution is -2.38. The third-order valence-electron chi connectivity index (χ3n) is 4.87. The maximum absolute atomic E-state index is 13.4. The fourth-order valence-corrected chi connectivity index (χ4v) is 6.97. The maximum Gasteiger partial charge on any atom is 0.242 e. The van der Waals surface area contributed by atoms with Crippen LogP contribution in [0.3, 0.4) is 0 Å². The van der Waals surface area contributed by atoms with Crippen LogP contribution in [0.2, 0.25) is 58.9 Å². The summed E-state index contributed by atoms with van der Waals surface area (Å²) in [5.41, 5.74) is 2.94. The van der Waals surface area contributed by atoms with E-state index >= 15 is 0 Å². The van der Waals surface area contributed by atoms with Gasteiger partial charge in [-0.15, -0.1) is 0 Å². The summed E-state index contributed by atoms with van der Waals surface area (Å²) < 4.78 is 19.5. The smallest absolute Gasteiger partial charge is 0.242 e. The Bertz CT molecular complexity index is 1010. The Hall–Kier alpha value is -1.42. The molecule has 7 heteroatoms. The number of carbonyl (C=O) groups is 1. The van der Waals surface area contributed by atoms with Crippen LogP contribution >= 0.6 is 0 Å². The van der Waals surface area contributed by atoms with Crippen molar-refractivity contribution in [3.05, 3.63) is 34.9 Å². The van der Waals surface area contributed by atoms with Crippen molar-refractivity contribution in [2.75, 3.05) is 0 Å². The van der Waals surface area contributed by atoms with Crippen molar-refractivity contribution in [3.8, 4) is 11.5 Å². The highest BCUT2D eigenvalue weighted by atomic mass is 28.4. The van der Waals surface area contributed by atoms with E-state index in [1.54, 1.807) is 0 Å². The van der Waals surface area contributed by atoms with Gasteiger partial charge in [0, 0.05) is 6.42 Å². The molecule has 3 rings (SSSR count). The third kappa shape index (κ3) is 6.09. The first-order valence-electron chi connectivity index (χ1n) is 11.2. The van der Waals surface area contributed by atoms with Gasteiger partial charge in [-0.1, -0.05) is 6.07 Å². The molecule has 4 nitrogen and oxygen atoms in total. The highest BCUT2D eigenvalue weighted by Gasteiger charge is 2.35. The van der Waals surface area contributed by atoms with Gasteiger partial charge in [-0.25, -0.2) is 0 Å². The number of hydrogen-bond donors (Lipinski definition) is 0. The summed E-state index contributed by atoms with van der Waals surface area (Å²) in [4.78, 5) is 13.4. The number of rotatable bonds is 6. The molecule has 0 spiro atoms. The number of fused-ring (bicyclic) bond motifs is 2. The molecular formula is C24H38O4Si3. The molecule has 0 saturated heterocycles. The predicted molar refractivity (Wildman–Crippen MR) is 138 cm³/mol. The van der Waals surface area contributed by atoms with Crippen LogP contribution in [0.4, 0.5) is 0 Å². The summed E-state index contributed by atoms with van der Waals surface area (Å²) in [6, 6.07) is 6.44. The molecule has 2 aromatic carbocycles. The van der Waals surface area contributed by atoms with Gasteiger partial charge in [-0.3, -0.25) is 4.79 Å². The first kappa shape index (κ1) is 24.2. The molecule has 1 aliphatic carbocycles. The minimum Gasteiger partial charge on any atom is -0.544 e. The summed E-state index contributed by atoms with van der Waals surface area (Å²) in [6.07, 6.45) is 1.12. The van der Waals surface area contributed by atoms with Crippen molar-refractivity contribution >= 4 is 41.5 Å². The summed E-state index contributed by atoms with van der Waals surface area (Å²) >= 11 is 0. The van der Waals surface area contributed by atoms with Gasteiger partial charge >= 0.3 is 0 Å². The molecule has 0 saturated carbocycles. The van der Waals surface area contributed by atoms with Crippen LogP contribution in [0, 0.1) is 6.92 Å². The van der Waals surface area contributed by atoms with Crippen LogP contribution in [0.5, 0.6) is 11.5 Å². The first-order chi connectivity index (χ1) is 14.0. The molecule has 2 aromatic rings. The van der Waals surface area contributed by atoms with E-state index in [1.807, 2.05) is 0 Å². The van der Waals surface area contributed by atoms with Crippen molar-refractivity contribution in [2.45, 2.75) is 84.8 Å². The molecule has 0 fully saturated rings. The molecule has 0 amide bonds. The number of benzene rings is 2. The molecule has 0 bridgehead atoms. The van der Waals surface area contributed by atoms with Gasteiger partial charge in [-0.2, -0.15) is 0 Å². The zero-order valence-electron chi connectivity index (χ0n) is 20.9. The molecule has 0 aromatic heterocycles. The normalized spacial score (nSPS) is 17.6. The Morgan fingerprint density at radius 2 is 1.42 bits per heavy atom. The van der Waals surface area contributed by atoms with Gasteiger partial charge in [0.2, 0.25) is 16.6 Å². The highest BCUT2D eigenvalue weighted by molar-refractivity contribution is 6.71. The minimum atomic E-state index is -1.98. The first-order valence-corrected chi connectivity index (χ1v) is 21.4. The van der Waals surface area contributed by atoms with Gasteiger partial charge in [0.1, 0.15) is 11.5 Å². The Labute approximate surface area is 190 Å². The fourth-order valence-electron chi connectivity index (χ4n) is 4.16. The monoisotopic (exact) mass is 474 g/mol. The number of ketones is 1. The summed E-state index contributed by atoms with van der Waals surface area (Å²) in [5, 5.41) is 2.04. The van der Waals surface area contributed by atoms with E-state index in [0.29, 0.717) is 6.42 Å². The molecule has 1 unspecified atom stereocenters. The Kier molecular flexibility index (Phi) is 6.39. The lowest BCUT2D eigenvalue weighted by molar-refractivity contribution is 0.0875. The zero-order valence-corrected chi connectivity index (χ0v) is 23.9. The molecule has 1 atom stereocenters. The fraction of sp³-hybridized carbons (Fsp3) is 0.542. The van der Waals surface area contributed by atoms with E-state index in [4.69, 9.17) is 13.3 Å². The van der Waals surface area contributed by atoms with E-state index in [-0.39, 0.29) is 11.9 Å². The lowest BCUT2D eigenvalue weighted by atomic mass is 9.85. The Balaban J connectivity index is 2.27. The molecule has 0 N–H and O–H groups in total. The number of aryl methyl sites for hydroxylation is 1. The molecule has 0 heterocycles. The predicted octanol–water partition coefficient (Wildman–Crippen LogP) is 6.92. The van der Waals surface area contributed by atoms with E-state index in [2.05, 4.69) is 84.0 Å². The molecule has 1 aliphatic rings. The summed E-state index contributed by atoms with van der Waals surface area (Å²) in [7, 11) is -5.57. The summed E-state index contributed by atoms with van der Waals surface area (Å²) in [6.45, 7) is 21.7. The average molecular weight is 475 g/mol. The average Bonchev–Trinajstić information content (AvgIpc) is 2.48. The number of carbonyl (C=O) groups excluding carboxylic acids is 1. The van der Waals surface area contributed by atoms with Gasteiger partial charge in [0.15, 0.2) is 14.1 Å². The minimum absolute atomic E-state index is 0.0497. The molecular weight excluding hydrogens is 437 g/mol. The van der Waals surface area contributed by atoms with E-state index in [9.17, 15) is 4.79 Å². The van der Waals surface area contributed by atoms with Gasteiger partial charge in [0.05, 0.1) is 17.1 Å². The van der Waals surface area contributed by atoms with Crippen LogP contribution in [-0.4, -0.2) is 36.8 Å². The standard InChI is InChI=1S/C24H38O4Si3/c1-16-11-17-13-18-14-19(26-29(2,3)4)15-20(25)22(18)24(28-31(8,9)10)23(17)21(12-16)27-30(5,6)7/h11-13,19H,14-15H2,1-10H3. The van der Waals surface area contributed by atoms with Gasteiger partial charge in [0.25, 0.3) is 0 Å². The van der Waals surface area contributed by atoms with Gasteiger partial charge < -0.3 is 13.3 Å². The molecule has 0 radical (unpaired) electrons. The maximum atomic E-state index is 13.4. The lowest BCUT2D eigenvalue weighted by Gasteiger charge is -2.33. The van der Waals surface area contributed by atoms with Crippen molar-refractivity contribution in [2.24, 2.45) is 0 Å².